The second kappa shape index (κ2) is 9.05. The van der Waals surface area contributed by atoms with Crippen LogP contribution in [0, 0.1) is 0 Å². The van der Waals surface area contributed by atoms with Crippen LogP contribution in [0.5, 0.6) is 11.5 Å². The Morgan fingerprint density at radius 1 is 1.00 bits per heavy atom. The van der Waals surface area contributed by atoms with Gasteiger partial charge in [0.05, 0.1) is 13.7 Å². The highest BCUT2D eigenvalue weighted by atomic mass is 32.2. The largest absolute Gasteiger partial charge is 0.497 e. The molecule has 3 rings (SSSR count). The third-order valence-corrected chi connectivity index (χ3v) is 4.53. The molecule has 134 valence electrons. The zero-order valence-corrected chi connectivity index (χ0v) is 15.2. The van der Waals surface area contributed by atoms with Gasteiger partial charge in [-0.3, -0.25) is 9.78 Å². The van der Waals surface area contributed by atoms with Crippen molar-refractivity contribution in [1.29, 1.82) is 0 Å². The zero-order valence-electron chi connectivity index (χ0n) is 14.3. The number of H-pyrrole nitrogens is 1. The van der Waals surface area contributed by atoms with E-state index in [4.69, 9.17) is 9.47 Å². The van der Waals surface area contributed by atoms with Gasteiger partial charge in [-0.1, -0.05) is 42.1 Å². The van der Waals surface area contributed by atoms with Gasteiger partial charge in [0.2, 0.25) is 0 Å². The van der Waals surface area contributed by atoms with E-state index in [9.17, 15) is 4.79 Å². The second-order valence-electron chi connectivity index (χ2n) is 5.40. The molecule has 6 nitrogen and oxygen atoms in total. The molecule has 0 atom stereocenters. The number of nitrogens with one attached hydrogen (secondary N) is 1. The van der Waals surface area contributed by atoms with Crippen LogP contribution >= 0.6 is 11.8 Å². The monoisotopic (exact) mass is 369 g/mol. The lowest BCUT2D eigenvalue weighted by atomic mass is 10.2. The molecule has 1 heterocycles. The van der Waals surface area contributed by atoms with Gasteiger partial charge in [0.15, 0.2) is 10.9 Å². The summed E-state index contributed by atoms with van der Waals surface area (Å²) in [5.41, 5.74) is 0.853. The fraction of sp³-hybridized carbons (Fsp3) is 0.211. The lowest BCUT2D eigenvalue weighted by molar-refractivity contribution is 0.318. The van der Waals surface area contributed by atoms with Gasteiger partial charge in [-0.25, -0.2) is 0 Å². The van der Waals surface area contributed by atoms with Crippen LogP contribution in [0.2, 0.25) is 0 Å². The van der Waals surface area contributed by atoms with Crippen molar-refractivity contribution in [2.45, 2.75) is 11.6 Å². The summed E-state index contributed by atoms with van der Waals surface area (Å²) < 4.78 is 10.8. The average molecular weight is 369 g/mol. The molecule has 0 amide bonds. The van der Waals surface area contributed by atoms with E-state index in [2.05, 4.69) is 15.2 Å². The van der Waals surface area contributed by atoms with Gasteiger partial charge in [-0.2, -0.15) is 0 Å². The molecule has 0 saturated heterocycles. The first-order chi connectivity index (χ1) is 12.8. The van der Waals surface area contributed by atoms with Crippen LogP contribution in [-0.2, 0) is 0 Å². The van der Waals surface area contributed by atoms with Crippen molar-refractivity contribution in [3.05, 3.63) is 65.0 Å². The molecule has 3 aromatic rings. The fourth-order valence-electron chi connectivity index (χ4n) is 2.26. The lowest BCUT2D eigenvalue weighted by Crippen LogP contribution is -2.14. The molecule has 0 aliphatic heterocycles. The third kappa shape index (κ3) is 4.86. The Kier molecular flexibility index (Phi) is 6.27. The minimum absolute atomic E-state index is 0.233. The van der Waals surface area contributed by atoms with E-state index < -0.39 is 0 Å². The number of hydrogen-bond acceptors (Lipinski definition) is 6. The third-order valence-electron chi connectivity index (χ3n) is 3.58. The number of aromatic nitrogens is 3. The molecule has 0 bridgehead atoms. The number of thioether (sulfide) groups is 1. The first kappa shape index (κ1) is 18.0. The van der Waals surface area contributed by atoms with E-state index in [-0.39, 0.29) is 5.56 Å². The SMILES string of the molecule is COc1ccc(OCCCSc2nnc(-c3ccccc3)c(=O)[nH]2)cc1. The highest BCUT2D eigenvalue weighted by Crippen LogP contribution is 2.18. The standard InChI is InChI=1S/C19H19N3O3S/c1-24-15-8-10-16(11-9-15)25-12-5-13-26-19-20-18(23)17(21-22-19)14-6-3-2-4-7-14/h2-4,6-11H,5,12-13H2,1H3,(H,20,22,23). The molecule has 0 spiro atoms. The van der Waals surface area contributed by atoms with E-state index in [1.165, 1.54) is 11.8 Å². The highest BCUT2D eigenvalue weighted by Gasteiger charge is 2.07. The quantitative estimate of drug-likeness (QED) is 0.484. The van der Waals surface area contributed by atoms with Crippen molar-refractivity contribution in [3.63, 3.8) is 0 Å². The van der Waals surface area contributed by atoms with E-state index in [1.807, 2.05) is 54.6 Å². The molecule has 26 heavy (non-hydrogen) atoms. The number of nitrogens with zero attached hydrogens (tertiary/aromatic N) is 2. The Bertz CT molecular complexity index is 883. The van der Waals surface area contributed by atoms with Crippen LogP contribution in [0.4, 0.5) is 0 Å². The van der Waals surface area contributed by atoms with E-state index in [1.54, 1.807) is 7.11 Å². The van der Waals surface area contributed by atoms with Crippen LogP contribution in [0.15, 0.2) is 64.5 Å². The predicted molar refractivity (Wildman–Crippen MR) is 102 cm³/mol. The van der Waals surface area contributed by atoms with Gasteiger partial charge in [-0.05, 0) is 30.7 Å². The van der Waals surface area contributed by atoms with E-state index >= 15 is 0 Å². The van der Waals surface area contributed by atoms with Gasteiger partial charge in [0.1, 0.15) is 11.5 Å². The van der Waals surface area contributed by atoms with Gasteiger partial charge >= 0.3 is 0 Å². The maximum absolute atomic E-state index is 12.2. The molecule has 2 aromatic carbocycles. The first-order valence-corrected chi connectivity index (χ1v) is 9.17. The molecule has 0 saturated carbocycles. The average Bonchev–Trinajstić information content (AvgIpc) is 2.69. The van der Waals surface area contributed by atoms with Gasteiger partial charge in [0, 0.05) is 11.3 Å². The molecule has 0 aliphatic carbocycles. The predicted octanol–water partition coefficient (Wildman–Crippen LogP) is 3.40. The molecule has 0 radical (unpaired) electrons. The minimum Gasteiger partial charge on any atom is -0.497 e. The number of hydrogen-bond donors (Lipinski definition) is 1. The van der Waals surface area contributed by atoms with Gasteiger partial charge in [-0.15, -0.1) is 10.2 Å². The Morgan fingerprint density at radius 3 is 2.42 bits per heavy atom. The second-order valence-corrected chi connectivity index (χ2v) is 6.48. The van der Waals surface area contributed by atoms with Crippen LogP contribution in [0.1, 0.15) is 6.42 Å². The summed E-state index contributed by atoms with van der Waals surface area (Å²) in [6.07, 6.45) is 0.820. The summed E-state index contributed by atoms with van der Waals surface area (Å²) in [4.78, 5) is 14.9. The maximum Gasteiger partial charge on any atom is 0.278 e. The van der Waals surface area contributed by atoms with Crippen molar-refractivity contribution in [2.75, 3.05) is 19.5 Å². The van der Waals surface area contributed by atoms with Crippen LogP contribution in [-0.4, -0.2) is 34.7 Å². The Morgan fingerprint density at radius 2 is 1.73 bits per heavy atom. The summed E-state index contributed by atoms with van der Waals surface area (Å²) in [7, 11) is 1.63. The number of aromatic amines is 1. The van der Waals surface area contributed by atoms with E-state index in [0.717, 1.165) is 29.2 Å². The molecular formula is C19H19N3O3S. The summed E-state index contributed by atoms with van der Waals surface area (Å²) in [5, 5.41) is 8.66. The molecule has 1 aromatic heterocycles. The minimum atomic E-state index is -0.233. The van der Waals surface area contributed by atoms with Crippen molar-refractivity contribution in [2.24, 2.45) is 0 Å². The molecule has 1 N–H and O–H groups in total. The normalized spacial score (nSPS) is 10.5. The first-order valence-electron chi connectivity index (χ1n) is 8.18. The van der Waals surface area contributed by atoms with E-state index in [0.29, 0.717) is 17.5 Å². The van der Waals surface area contributed by atoms with Gasteiger partial charge in [0.25, 0.3) is 5.56 Å². The van der Waals surface area contributed by atoms with Crippen molar-refractivity contribution in [3.8, 4) is 22.8 Å². The maximum atomic E-state index is 12.2. The Labute approximate surface area is 155 Å². The lowest BCUT2D eigenvalue weighted by Gasteiger charge is -2.06. The summed E-state index contributed by atoms with van der Waals surface area (Å²) in [5.74, 6) is 2.37. The number of ether oxygens (including phenoxy) is 2. The van der Waals surface area contributed by atoms with Crippen LogP contribution in [0.3, 0.4) is 0 Å². The number of methoxy groups -OCH3 is 1. The van der Waals surface area contributed by atoms with Gasteiger partial charge < -0.3 is 9.47 Å². The fourth-order valence-corrected chi connectivity index (χ4v) is 2.98. The molecule has 7 heteroatoms. The van der Waals surface area contributed by atoms with Crippen molar-refractivity contribution >= 4 is 11.8 Å². The van der Waals surface area contributed by atoms with Crippen molar-refractivity contribution in [1.82, 2.24) is 15.2 Å². The van der Waals surface area contributed by atoms with Crippen LogP contribution < -0.4 is 15.0 Å². The van der Waals surface area contributed by atoms with Crippen molar-refractivity contribution < 1.29 is 9.47 Å². The highest BCUT2D eigenvalue weighted by molar-refractivity contribution is 7.99. The summed E-state index contributed by atoms with van der Waals surface area (Å²) >= 11 is 1.45. The molecular weight excluding hydrogens is 350 g/mol. The summed E-state index contributed by atoms with van der Waals surface area (Å²) in [6.45, 7) is 0.582. The molecule has 0 fully saturated rings. The molecule has 0 aliphatic rings. The smallest absolute Gasteiger partial charge is 0.278 e. The number of benzene rings is 2. The Balaban J connectivity index is 1.46. The van der Waals surface area contributed by atoms with Crippen LogP contribution in [0.25, 0.3) is 11.3 Å². The zero-order chi connectivity index (χ0) is 18.2. The summed E-state index contributed by atoms with van der Waals surface area (Å²) in [6, 6.07) is 16.8. The molecule has 0 unspecified atom stereocenters. The number of rotatable bonds is 8. The topological polar surface area (TPSA) is 77.1 Å². The Hall–Kier alpha value is -2.80.